The van der Waals surface area contributed by atoms with E-state index in [0.717, 1.165) is 25.2 Å². The van der Waals surface area contributed by atoms with Gasteiger partial charge in [-0.05, 0) is 31.4 Å². The number of rotatable bonds is 4. The van der Waals surface area contributed by atoms with Gasteiger partial charge in [0.25, 0.3) is 0 Å². The Morgan fingerprint density at radius 3 is 3.06 bits per heavy atom. The normalized spacial score (nSPS) is 21.7. The van der Waals surface area contributed by atoms with Crippen molar-refractivity contribution in [3.8, 4) is 0 Å². The molecule has 2 nitrogen and oxygen atoms in total. The fourth-order valence-corrected chi connectivity index (χ4v) is 3.19. The lowest BCUT2D eigenvalue weighted by Crippen LogP contribution is -2.08. The zero-order chi connectivity index (χ0) is 12.3. The summed E-state index contributed by atoms with van der Waals surface area (Å²) in [6.07, 6.45) is 1.72. The minimum absolute atomic E-state index is 0.224. The fraction of sp³-hybridized carbons (Fsp3) is 0.538. The van der Waals surface area contributed by atoms with Crippen molar-refractivity contribution in [1.82, 2.24) is 0 Å². The molecule has 2 atom stereocenters. The van der Waals surface area contributed by atoms with E-state index in [2.05, 4.69) is 0 Å². The summed E-state index contributed by atoms with van der Waals surface area (Å²) in [7, 11) is 0. The van der Waals surface area contributed by atoms with E-state index in [1.807, 2.05) is 0 Å². The molecule has 2 unspecified atom stereocenters. The Labute approximate surface area is 105 Å². The number of halogens is 1. The number of ether oxygens (including phenoxy) is 1. The van der Waals surface area contributed by atoms with Gasteiger partial charge in [0, 0.05) is 17.3 Å². The predicted molar refractivity (Wildman–Crippen MR) is 66.7 cm³/mol. The predicted octanol–water partition coefficient (Wildman–Crippen LogP) is 3.15. The lowest BCUT2D eigenvalue weighted by atomic mass is 10.1. The largest absolute Gasteiger partial charge is 0.389 e. The number of aliphatic hydroxyl groups excluding tert-OH is 1. The molecule has 0 radical (unpaired) electrons. The summed E-state index contributed by atoms with van der Waals surface area (Å²) < 4.78 is 19.2. The van der Waals surface area contributed by atoms with Gasteiger partial charge in [0.2, 0.25) is 0 Å². The molecule has 17 heavy (non-hydrogen) atoms. The first-order valence-electron chi connectivity index (χ1n) is 5.89. The molecule has 0 amide bonds. The first-order valence-corrected chi connectivity index (χ1v) is 6.88. The molecule has 0 aromatic heterocycles. The van der Waals surface area contributed by atoms with E-state index in [0.29, 0.717) is 10.5 Å². The summed E-state index contributed by atoms with van der Waals surface area (Å²) in [5.41, 5.74) is 0.660. The van der Waals surface area contributed by atoms with Gasteiger partial charge in [-0.1, -0.05) is 12.1 Å². The highest BCUT2D eigenvalue weighted by atomic mass is 32.2. The van der Waals surface area contributed by atoms with Crippen LogP contribution in [0.5, 0.6) is 0 Å². The molecule has 1 heterocycles. The number of benzene rings is 1. The van der Waals surface area contributed by atoms with Gasteiger partial charge in [0.1, 0.15) is 5.82 Å². The first kappa shape index (κ1) is 12.9. The van der Waals surface area contributed by atoms with Gasteiger partial charge in [-0.25, -0.2) is 4.39 Å². The highest BCUT2D eigenvalue weighted by Crippen LogP contribution is 2.32. The van der Waals surface area contributed by atoms with Crippen molar-refractivity contribution in [2.24, 2.45) is 0 Å². The van der Waals surface area contributed by atoms with Crippen molar-refractivity contribution in [2.75, 3.05) is 12.4 Å². The standard InChI is InChI=1S/C13H17FO2S/c1-9(15)11-5-2-6-12(14)13(11)17-8-10-4-3-7-16-10/h2,5-6,9-10,15H,3-4,7-8H2,1H3. The minimum Gasteiger partial charge on any atom is -0.389 e. The van der Waals surface area contributed by atoms with Crippen LogP contribution in [-0.4, -0.2) is 23.6 Å². The van der Waals surface area contributed by atoms with Gasteiger partial charge in [0.15, 0.2) is 0 Å². The highest BCUT2D eigenvalue weighted by molar-refractivity contribution is 7.99. The summed E-state index contributed by atoms with van der Waals surface area (Å²) in [5, 5.41) is 9.61. The molecule has 0 bridgehead atoms. The number of aliphatic hydroxyl groups is 1. The Kier molecular flexibility index (Phi) is 4.42. The molecule has 1 aromatic rings. The molecule has 1 saturated heterocycles. The minimum atomic E-state index is -0.641. The Morgan fingerprint density at radius 2 is 2.41 bits per heavy atom. The lowest BCUT2D eigenvalue weighted by Gasteiger charge is -2.14. The van der Waals surface area contributed by atoms with Gasteiger partial charge in [0.05, 0.1) is 12.2 Å². The van der Waals surface area contributed by atoms with E-state index < -0.39 is 6.10 Å². The molecule has 1 fully saturated rings. The van der Waals surface area contributed by atoms with Crippen LogP contribution < -0.4 is 0 Å². The highest BCUT2D eigenvalue weighted by Gasteiger charge is 2.18. The molecule has 1 aliphatic rings. The van der Waals surface area contributed by atoms with E-state index >= 15 is 0 Å². The van der Waals surface area contributed by atoms with Crippen molar-refractivity contribution >= 4 is 11.8 Å². The third-order valence-electron chi connectivity index (χ3n) is 2.89. The van der Waals surface area contributed by atoms with E-state index in [1.54, 1.807) is 19.1 Å². The maximum atomic E-state index is 13.7. The fourth-order valence-electron chi connectivity index (χ4n) is 1.96. The topological polar surface area (TPSA) is 29.5 Å². The zero-order valence-corrected chi connectivity index (χ0v) is 10.7. The summed E-state index contributed by atoms with van der Waals surface area (Å²) in [6.45, 7) is 2.47. The monoisotopic (exact) mass is 256 g/mol. The van der Waals surface area contributed by atoms with Crippen molar-refractivity contribution in [3.05, 3.63) is 29.6 Å². The van der Waals surface area contributed by atoms with Gasteiger partial charge < -0.3 is 9.84 Å². The maximum absolute atomic E-state index is 13.7. The van der Waals surface area contributed by atoms with Crippen LogP contribution in [0.2, 0.25) is 0 Å². The molecule has 1 N–H and O–H groups in total. The summed E-state index contributed by atoms with van der Waals surface area (Å²) >= 11 is 1.44. The van der Waals surface area contributed by atoms with Crippen LogP contribution in [0.15, 0.2) is 23.1 Å². The molecule has 0 spiro atoms. The van der Waals surface area contributed by atoms with Gasteiger partial charge >= 0.3 is 0 Å². The van der Waals surface area contributed by atoms with Crippen LogP contribution >= 0.6 is 11.8 Å². The van der Waals surface area contributed by atoms with Crippen molar-refractivity contribution in [2.45, 2.75) is 36.9 Å². The summed E-state index contributed by atoms with van der Waals surface area (Å²) in [5.74, 6) is 0.493. The molecular weight excluding hydrogens is 239 g/mol. The van der Waals surface area contributed by atoms with Crippen LogP contribution in [0.1, 0.15) is 31.4 Å². The third-order valence-corrected chi connectivity index (χ3v) is 4.14. The summed E-state index contributed by atoms with van der Waals surface area (Å²) in [6, 6.07) is 4.84. The molecule has 1 aliphatic heterocycles. The van der Waals surface area contributed by atoms with E-state index in [1.165, 1.54) is 17.8 Å². The van der Waals surface area contributed by atoms with E-state index in [4.69, 9.17) is 4.74 Å². The van der Waals surface area contributed by atoms with Crippen molar-refractivity contribution in [1.29, 1.82) is 0 Å². The number of hydrogen-bond acceptors (Lipinski definition) is 3. The second kappa shape index (κ2) is 5.85. The molecule has 94 valence electrons. The van der Waals surface area contributed by atoms with Gasteiger partial charge in [-0.15, -0.1) is 11.8 Å². The van der Waals surface area contributed by atoms with Crippen LogP contribution in [0.25, 0.3) is 0 Å². The smallest absolute Gasteiger partial charge is 0.137 e. The second-order valence-corrected chi connectivity index (χ2v) is 5.31. The second-order valence-electron chi connectivity index (χ2n) is 4.28. The average molecular weight is 256 g/mol. The van der Waals surface area contributed by atoms with E-state index in [9.17, 15) is 9.50 Å². The van der Waals surface area contributed by atoms with Crippen LogP contribution in [0.3, 0.4) is 0 Å². The van der Waals surface area contributed by atoms with E-state index in [-0.39, 0.29) is 11.9 Å². The van der Waals surface area contributed by atoms with Gasteiger partial charge in [-0.3, -0.25) is 0 Å². The molecule has 0 saturated carbocycles. The summed E-state index contributed by atoms with van der Waals surface area (Å²) in [4.78, 5) is 0.554. The van der Waals surface area contributed by atoms with Crippen LogP contribution in [0.4, 0.5) is 4.39 Å². The Balaban J connectivity index is 2.07. The van der Waals surface area contributed by atoms with Crippen LogP contribution in [0, 0.1) is 5.82 Å². The Bertz CT molecular complexity index is 376. The molecule has 2 rings (SSSR count). The Morgan fingerprint density at radius 1 is 1.59 bits per heavy atom. The maximum Gasteiger partial charge on any atom is 0.137 e. The van der Waals surface area contributed by atoms with Gasteiger partial charge in [-0.2, -0.15) is 0 Å². The molecule has 4 heteroatoms. The molecular formula is C13H17FO2S. The molecule has 1 aromatic carbocycles. The van der Waals surface area contributed by atoms with Crippen molar-refractivity contribution in [3.63, 3.8) is 0 Å². The first-order chi connectivity index (χ1) is 8.18. The third kappa shape index (κ3) is 3.21. The van der Waals surface area contributed by atoms with Crippen LogP contribution in [-0.2, 0) is 4.74 Å². The van der Waals surface area contributed by atoms with Crippen molar-refractivity contribution < 1.29 is 14.2 Å². The number of thioether (sulfide) groups is 1. The molecule has 0 aliphatic carbocycles. The SMILES string of the molecule is CC(O)c1cccc(F)c1SCC1CCCO1. The lowest BCUT2D eigenvalue weighted by molar-refractivity contribution is 0.129. The average Bonchev–Trinajstić information content (AvgIpc) is 2.80. The Hall–Kier alpha value is -0.580. The quantitative estimate of drug-likeness (QED) is 0.839. The zero-order valence-electron chi connectivity index (χ0n) is 9.86. The number of hydrogen-bond donors (Lipinski definition) is 1.